The van der Waals surface area contributed by atoms with Crippen LogP contribution in [0.1, 0.15) is 60.0 Å². The van der Waals surface area contributed by atoms with Crippen LogP contribution in [0, 0.1) is 23.0 Å². The van der Waals surface area contributed by atoms with Gasteiger partial charge in [-0.15, -0.1) is 0 Å². The molecule has 1 heterocycles. The van der Waals surface area contributed by atoms with E-state index in [1.165, 1.54) is 26.0 Å². The fourth-order valence-electron chi connectivity index (χ4n) is 5.14. The summed E-state index contributed by atoms with van der Waals surface area (Å²) in [5.41, 5.74) is -0.928. The van der Waals surface area contributed by atoms with Gasteiger partial charge in [0.25, 0.3) is 0 Å². The van der Waals surface area contributed by atoms with Gasteiger partial charge in [-0.25, -0.2) is 13.2 Å². The minimum atomic E-state index is -4.50. The zero-order valence-corrected chi connectivity index (χ0v) is 19.7. The Labute approximate surface area is 205 Å². The molecule has 3 aromatic rings. The third-order valence-corrected chi connectivity index (χ3v) is 6.69. The van der Waals surface area contributed by atoms with Crippen LogP contribution >= 0.6 is 0 Å². The Morgan fingerprint density at radius 1 is 0.861 bits per heavy atom. The van der Waals surface area contributed by atoms with E-state index in [2.05, 4.69) is 6.07 Å². The molecule has 3 atom stereocenters. The summed E-state index contributed by atoms with van der Waals surface area (Å²) in [5.74, 6) is -2.54. The molecular weight excluding hydrogens is 478 g/mol. The van der Waals surface area contributed by atoms with Crippen molar-refractivity contribution in [3.05, 3.63) is 106 Å². The molecule has 8 heteroatoms. The molecule has 0 aromatic heterocycles. The Balaban J connectivity index is 1.80. The van der Waals surface area contributed by atoms with Gasteiger partial charge in [-0.05, 0) is 73.4 Å². The second-order valence-corrected chi connectivity index (χ2v) is 9.60. The summed E-state index contributed by atoms with van der Waals surface area (Å²) in [7, 11) is 0. The van der Waals surface area contributed by atoms with Crippen LogP contribution in [0.4, 0.5) is 26.3 Å². The number of rotatable bonds is 6. The lowest BCUT2D eigenvalue weighted by Crippen LogP contribution is -2.56. The first-order valence-electron chi connectivity index (χ1n) is 11.5. The number of alkyl halides is 4. The molecule has 1 aliphatic heterocycles. The van der Waals surface area contributed by atoms with Crippen molar-refractivity contribution >= 4 is 0 Å². The van der Waals surface area contributed by atoms with Gasteiger partial charge >= 0.3 is 6.18 Å². The van der Waals surface area contributed by atoms with Gasteiger partial charge in [-0.1, -0.05) is 24.3 Å². The molecule has 1 saturated heterocycles. The summed E-state index contributed by atoms with van der Waals surface area (Å²) in [6.45, 7) is 3.18. The Morgan fingerprint density at radius 2 is 1.50 bits per heavy atom. The molecule has 0 bridgehead atoms. The molecular formula is C28H24F6N2. The highest BCUT2D eigenvalue weighted by molar-refractivity contribution is 5.41. The van der Waals surface area contributed by atoms with Crippen LogP contribution in [0.15, 0.2) is 66.7 Å². The van der Waals surface area contributed by atoms with E-state index in [-0.39, 0.29) is 5.56 Å². The summed E-state index contributed by atoms with van der Waals surface area (Å²) in [6, 6.07) is 15.4. The molecule has 1 fully saturated rings. The van der Waals surface area contributed by atoms with Gasteiger partial charge in [0.15, 0.2) is 0 Å². The Bertz CT molecular complexity index is 1250. The highest BCUT2D eigenvalue weighted by Gasteiger charge is 2.47. The molecule has 1 aliphatic rings. The Kier molecular flexibility index (Phi) is 6.89. The van der Waals surface area contributed by atoms with E-state index in [9.17, 15) is 27.2 Å². The van der Waals surface area contributed by atoms with Crippen LogP contribution in [0.2, 0.25) is 0 Å². The van der Waals surface area contributed by atoms with Crippen molar-refractivity contribution in [1.29, 1.82) is 5.26 Å². The second kappa shape index (κ2) is 9.62. The van der Waals surface area contributed by atoms with E-state index >= 15 is 4.39 Å². The first-order valence-corrected chi connectivity index (χ1v) is 11.5. The molecule has 2 nitrogen and oxygen atoms in total. The molecule has 188 valence electrons. The number of hydrogen-bond donors (Lipinski definition) is 0. The molecule has 0 spiro atoms. The molecule has 4 rings (SSSR count). The van der Waals surface area contributed by atoms with Crippen LogP contribution in [-0.4, -0.2) is 23.2 Å². The van der Waals surface area contributed by atoms with Crippen LogP contribution < -0.4 is 0 Å². The summed E-state index contributed by atoms with van der Waals surface area (Å²) in [4.78, 5) is 1.92. The Morgan fingerprint density at radius 3 is 2.00 bits per heavy atom. The molecule has 0 N–H and O–H groups in total. The quantitative estimate of drug-likeness (QED) is 0.326. The number of halogens is 6. The normalized spacial score (nSPS) is 18.2. The second-order valence-electron chi connectivity index (χ2n) is 9.60. The maximum atomic E-state index is 15.6. The van der Waals surface area contributed by atoms with Crippen LogP contribution in [-0.2, 0) is 6.18 Å². The van der Waals surface area contributed by atoms with Crippen molar-refractivity contribution < 1.29 is 26.3 Å². The number of nitriles is 1. The Hall–Kier alpha value is -3.31. The standard InChI is InChI=1S/C28H24F6N2/c1-27(2,31)25(20-13-22(29)15-23(30)14-20)24-10-11-36(24)26(19-5-3-4-17(12-19)16-35)18-6-8-21(9-7-18)28(32,33)34/h3-9,12-15,24-26H,10-11H2,1-2H3/t24?,25-,26-/m0/s1. The first-order chi connectivity index (χ1) is 16.9. The number of hydrogen-bond acceptors (Lipinski definition) is 2. The van der Waals surface area contributed by atoms with E-state index in [1.807, 2.05) is 4.90 Å². The molecule has 1 unspecified atom stereocenters. The average Bonchev–Trinajstić information content (AvgIpc) is 2.78. The zero-order chi connectivity index (χ0) is 26.3. The fourth-order valence-corrected chi connectivity index (χ4v) is 5.14. The lowest BCUT2D eigenvalue weighted by molar-refractivity contribution is -0.137. The monoisotopic (exact) mass is 502 g/mol. The maximum Gasteiger partial charge on any atom is 0.416 e. The predicted octanol–water partition coefficient (Wildman–Crippen LogP) is 7.55. The number of nitrogens with zero attached hydrogens (tertiary/aromatic N) is 2. The van der Waals surface area contributed by atoms with Crippen LogP contribution in [0.25, 0.3) is 0 Å². The van der Waals surface area contributed by atoms with Gasteiger partial charge in [0.1, 0.15) is 17.3 Å². The first kappa shape index (κ1) is 25.8. The van der Waals surface area contributed by atoms with E-state index in [0.717, 1.165) is 30.3 Å². The molecule has 0 amide bonds. The van der Waals surface area contributed by atoms with E-state index in [0.29, 0.717) is 29.7 Å². The average molecular weight is 503 g/mol. The highest BCUT2D eigenvalue weighted by atomic mass is 19.4. The smallest absolute Gasteiger partial charge is 0.289 e. The SMILES string of the molecule is CC(C)(F)[C@@H](c1cc(F)cc(F)c1)C1CCN1[C@@H](c1ccc(C(F)(F)F)cc1)c1cccc(C#N)c1. The van der Waals surface area contributed by atoms with Crippen molar-refractivity contribution in [1.82, 2.24) is 4.90 Å². The summed E-state index contributed by atoms with van der Waals surface area (Å²) in [6.07, 6.45) is -3.98. The van der Waals surface area contributed by atoms with Gasteiger partial charge in [0.2, 0.25) is 0 Å². The minimum absolute atomic E-state index is 0.173. The summed E-state index contributed by atoms with van der Waals surface area (Å²) < 4.78 is 83.3. The molecule has 0 radical (unpaired) electrons. The van der Waals surface area contributed by atoms with Gasteiger partial charge in [0, 0.05) is 24.6 Å². The third kappa shape index (κ3) is 5.26. The number of likely N-dealkylation sites (tertiary alicyclic amines) is 1. The van der Waals surface area contributed by atoms with Gasteiger partial charge in [-0.3, -0.25) is 4.90 Å². The van der Waals surface area contributed by atoms with Gasteiger partial charge < -0.3 is 0 Å². The van der Waals surface area contributed by atoms with Crippen molar-refractivity contribution in [2.24, 2.45) is 0 Å². The highest BCUT2D eigenvalue weighted by Crippen LogP contribution is 2.47. The summed E-state index contributed by atoms with van der Waals surface area (Å²) >= 11 is 0. The lowest BCUT2D eigenvalue weighted by Gasteiger charge is -2.52. The van der Waals surface area contributed by atoms with Crippen molar-refractivity contribution in [2.45, 2.75) is 50.1 Å². The molecule has 36 heavy (non-hydrogen) atoms. The van der Waals surface area contributed by atoms with Gasteiger partial charge in [-0.2, -0.15) is 18.4 Å². The molecule has 0 aliphatic carbocycles. The third-order valence-electron chi connectivity index (χ3n) is 6.69. The van der Waals surface area contributed by atoms with Gasteiger partial charge in [0.05, 0.1) is 23.2 Å². The van der Waals surface area contributed by atoms with Crippen LogP contribution in [0.3, 0.4) is 0 Å². The maximum absolute atomic E-state index is 15.6. The van der Waals surface area contributed by atoms with Crippen molar-refractivity contribution in [3.8, 4) is 6.07 Å². The molecule has 3 aromatic carbocycles. The fraction of sp³-hybridized carbons (Fsp3) is 0.321. The largest absolute Gasteiger partial charge is 0.416 e. The van der Waals surface area contributed by atoms with Crippen molar-refractivity contribution in [3.63, 3.8) is 0 Å². The minimum Gasteiger partial charge on any atom is -0.289 e. The van der Waals surface area contributed by atoms with E-state index < -0.39 is 47.0 Å². The number of benzene rings is 3. The lowest BCUT2D eigenvalue weighted by atomic mass is 9.74. The van der Waals surface area contributed by atoms with Crippen molar-refractivity contribution in [2.75, 3.05) is 6.54 Å². The van der Waals surface area contributed by atoms with Crippen LogP contribution in [0.5, 0.6) is 0 Å². The topological polar surface area (TPSA) is 27.0 Å². The zero-order valence-electron chi connectivity index (χ0n) is 19.7. The van der Waals surface area contributed by atoms with E-state index in [1.54, 1.807) is 24.3 Å². The summed E-state index contributed by atoms with van der Waals surface area (Å²) in [5, 5.41) is 9.39. The predicted molar refractivity (Wildman–Crippen MR) is 124 cm³/mol. The molecule has 0 saturated carbocycles. The van der Waals surface area contributed by atoms with E-state index in [4.69, 9.17) is 0 Å².